The Labute approximate surface area is 343 Å². The summed E-state index contributed by atoms with van der Waals surface area (Å²) in [5.41, 5.74) is 23.1. The third-order valence-corrected chi connectivity index (χ3v) is 9.97. The van der Waals surface area contributed by atoms with Gasteiger partial charge in [-0.3, -0.25) is 4.99 Å². The molecule has 0 spiro atoms. The maximum Gasteiger partial charge on any atom is 0.0643 e. The van der Waals surface area contributed by atoms with Crippen molar-refractivity contribution in [2.45, 2.75) is 47.1 Å². The first-order valence-corrected chi connectivity index (χ1v) is 19.7. The average Bonchev–Trinajstić information content (AvgIpc) is 3.27. The Kier molecular flexibility index (Phi) is 17.4. The van der Waals surface area contributed by atoms with Crippen molar-refractivity contribution in [2.75, 3.05) is 6.54 Å². The predicted molar refractivity (Wildman–Crippen MR) is 253 cm³/mol. The van der Waals surface area contributed by atoms with Gasteiger partial charge >= 0.3 is 0 Å². The zero-order valence-electron chi connectivity index (χ0n) is 34.3. The van der Waals surface area contributed by atoms with Gasteiger partial charge < -0.3 is 5.73 Å². The maximum atomic E-state index is 5.38. The summed E-state index contributed by atoms with van der Waals surface area (Å²) in [4.78, 5) is 4.87. The van der Waals surface area contributed by atoms with Crippen LogP contribution < -0.4 is 5.73 Å². The maximum absolute atomic E-state index is 5.38. The molecule has 0 unspecified atom stereocenters. The van der Waals surface area contributed by atoms with Gasteiger partial charge in [0.05, 0.1) is 6.54 Å². The number of aryl methyl sites for hydroxylation is 1. The largest absolute Gasteiger partial charge is 0.327 e. The summed E-state index contributed by atoms with van der Waals surface area (Å²) in [5, 5.41) is 0. The lowest BCUT2D eigenvalue weighted by Gasteiger charge is -2.19. The van der Waals surface area contributed by atoms with Gasteiger partial charge in [-0.1, -0.05) is 177 Å². The fraction of sp³-hybridized carbons (Fsp3) is 0.145. The molecule has 6 rings (SSSR count). The topological polar surface area (TPSA) is 38.4 Å². The van der Waals surface area contributed by atoms with E-state index < -0.39 is 0 Å². The molecule has 0 saturated carbocycles. The monoisotopic (exact) mass is 746 g/mol. The van der Waals surface area contributed by atoms with Crippen LogP contribution in [0.3, 0.4) is 0 Å². The standard InChI is InChI=1S/C46H43N.C7H11N.C2H4/c1-7-18-39(30-29-37(8-2)41-24-16-23-40(31-41)35(6)47-32-36-20-11-10-12-21-36)46-33(4)19-15-28-45(46)43-27-17-26-42(34(43)5)44-25-14-13-22-38(44)9-3;8-6-7-4-2-1-3-5-7;1-2/h7-31H,1,3,32H2,2,4-6H3;2,4-5H,1,3,6,8H2;1-2H2/b30-29-,37-8+,39-18-,47-35?;;. The van der Waals surface area contributed by atoms with E-state index in [0.29, 0.717) is 13.1 Å². The molecule has 2 heteroatoms. The summed E-state index contributed by atoms with van der Waals surface area (Å²) >= 11 is 0. The van der Waals surface area contributed by atoms with Crippen LogP contribution in [-0.2, 0) is 6.54 Å². The van der Waals surface area contributed by atoms with Crippen LogP contribution in [0.5, 0.6) is 0 Å². The summed E-state index contributed by atoms with van der Waals surface area (Å²) in [6.07, 6.45) is 21.3. The second-order valence-electron chi connectivity index (χ2n) is 13.6. The minimum absolute atomic E-state index is 0.672. The van der Waals surface area contributed by atoms with Crippen molar-refractivity contribution in [2.24, 2.45) is 10.7 Å². The highest BCUT2D eigenvalue weighted by Gasteiger charge is 2.16. The van der Waals surface area contributed by atoms with Gasteiger partial charge in [-0.2, -0.15) is 0 Å². The Morgan fingerprint density at radius 1 is 0.719 bits per heavy atom. The van der Waals surface area contributed by atoms with Gasteiger partial charge in [0.25, 0.3) is 0 Å². The molecule has 0 amide bonds. The Bertz CT molecular complexity index is 2310. The molecule has 5 aromatic rings. The smallest absolute Gasteiger partial charge is 0.0643 e. The second-order valence-corrected chi connectivity index (χ2v) is 13.6. The molecule has 2 nitrogen and oxygen atoms in total. The first-order chi connectivity index (χ1) is 27.9. The number of nitrogens with two attached hydrogens (primary N) is 1. The zero-order valence-corrected chi connectivity index (χ0v) is 34.3. The van der Waals surface area contributed by atoms with Crippen molar-refractivity contribution in [1.82, 2.24) is 0 Å². The van der Waals surface area contributed by atoms with Gasteiger partial charge in [0.1, 0.15) is 0 Å². The Balaban J connectivity index is 0.000000634. The van der Waals surface area contributed by atoms with Crippen LogP contribution in [0, 0.1) is 13.8 Å². The number of benzene rings is 5. The van der Waals surface area contributed by atoms with E-state index in [2.05, 4.69) is 206 Å². The van der Waals surface area contributed by atoms with Crippen molar-refractivity contribution >= 4 is 22.9 Å². The lowest BCUT2D eigenvalue weighted by molar-refractivity contribution is 0.995. The van der Waals surface area contributed by atoms with Crippen LogP contribution in [-0.4, -0.2) is 12.3 Å². The average molecular weight is 747 g/mol. The number of hydrogen-bond donors (Lipinski definition) is 1. The van der Waals surface area contributed by atoms with E-state index in [0.717, 1.165) is 33.5 Å². The van der Waals surface area contributed by atoms with Crippen molar-refractivity contribution < 1.29 is 0 Å². The highest BCUT2D eigenvalue weighted by Crippen LogP contribution is 2.39. The molecule has 1 aliphatic rings. The molecular weight excluding hydrogens is 689 g/mol. The van der Waals surface area contributed by atoms with E-state index >= 15 is 0 Å². The first-order valence-electron chi connectivity index (χ1n) is 19.7. The molecule has 0 aromatic heterocycles. The molecule has 2 N–H and O–H groups in total. The van der Waals surface area contributed by atoms with Gasteiger partial charge in [0, 0.05) is 12.3 Å². The first kappa shape index (κ1) is 43.4. The zero-order chi connectivity index (χ0) is 41.0. The minimum Gasteiger partial charge on any atom is -0.327 e. The summed E-state index contributed by atoms with van der Waals surface area (Å²) in [6.45, 7) is 24.1. The van der Waals surface area contributed by atoms with Gasteiger partial charge in [-0.05, 0) is 125 Å². The number of allylic oxidation sites excluding steroid dienone is 9. The van der Waals surface area contributed by atoms with Crippen LogP contribution >= 0.6 is 0 Å². The third-order valence-electron chi connectivity index (χ3n) is 9.97. The molecule has 0 saturated heterocycles. The molecule has 0 atom stereocenters. The summed E-state index contributed by atoms with van der Waals surface area (Å²) < 4.78 is 0. The normalized spacial score (nSPS) is 12.9. The van der Waals surface area contributed by atoms with Crippen LogP contribution in [0.4, 0.5) is 0 Å². The van der Waals surface area contributed by atoms with Crippen LogP contribution in [0.25, 0.3) is 39.5 Å². The van der Waals surface area contributed by atoms with Crippen LogP contribution in [0.15, 0.2) is 201 Å². The quantitative estimate of drug-likeness (QED) is 0.0770. The van der Waals surface area contributed by atoms with Crippen molar-refractivity contribution in [3.8, 4) is 22.3 Å². The van der Waals surface area contributed by atoms with E-state index in [1.54, 1.807) is 0 Å². The van der Waals surface area contributed by atoms with Crippen molar-refractivity contribution in [3.63, 3.8) is 0 Å². The highest BCUT2D eigenvalue weighted by molar-refractivity contribution is 6.00. The fourth-order valence-corrected chi connectivity index (χ4v) is 6.93. The SMILES string of the molecule is C=C.C=C/C=C(/C=C\C(=C/C)c1cccc(C(C)=NCc2ccccc2)c1)c1c(C)cccc1-c1cccc(-c2ccccc2C=C)c1C.NCC1=CCCC=C1. The summed E-state index contributed by atoms with van der Waals surface area (Å²) in [7, 11) is 0. The number of nitrogens with zero attached hydrogens (tertiary/aromatic N) is 1. The van der Waals surface area contributed by atoms with Gasteiger partial charge in [0.15, 0.2) is 0 Å². The molecule has 0 heterocycles. The highest BCUT2D eigenvalue weighted by atomic mass is 14.7. The molecule has 0 aliphatic heterocycles. The van der Waals surface area contributed by atoms with Crippen molar-refractivity contribution in [1.29, 1.82) is 0 Å². The van der Waals surface area contributed by atoms with Gasteiger partial charge in [-0.15, -0.1) is 13.2 Å². The third kappa shape index (κ3) is 11.8. The lowest BCUT2D eigenvalue weighted by atomic mass is 9.85. The molecule has 5 aromatic carbocycles. The van der Waals surface area contributed by atoms with E-state index in [1.165, 1.54) is 62.9 Å². The molecule has 288 valence electrons. The molecule has 0 bridgehead atoms. The molecule has 57 heavy (non-hydrogen) atoms. The molecule has 0 radical (unpaired) electrons. The Morgan fingerprint density at radius 3 is 2.02 bits per heavy atom. The van der Waals surface area contributed by atoms with E-state index in [1.807, 2.05) is 18.2 Å². The van der Waals surface area contributed by atoms with E-state index in [9.17, 15) is 0 Å². The minimum atomic E-state index is 0.672. The number of aliphatic imine (C=N–C) groups is 1. The van der Waals surface area contributed by atoms with Gasteiger partial charge in [-0.25, -0.2) is 0 Å². The molecule has 1 aliphatic carbocycles. The summed E-state index contributed by atoms with van der Waals surface area (Å²) in [6, 6.07) is 40.6. The summed E-state index contributed by atoms with van der Waals surface area (Å²) in [5.74, 6) is 0. The fourth-order valence-electron chi connectivity index (χ4n) is 6.93. The number of hydrogen-bond acceptors (Lipinski definition) is 2. The molecular formula is C55H58N2. The molecule has 0 fully saturated rings. The van der Waals surface area contributed by atoms with Crippen LogP contribution in [0.1, 0.15) is 65.6 Å². The van der Waals surface area contributed by atoms with E-state index in [4.69, 9.17) is 10.7 Å². The van der Waals surface area contributed by atoms with Crippen molar-refractivity contribution in [3.05, 3.63) is 235 Å². The van der Waals surface area contributed by atoms with Crippen LogP contribution in [0.2, 0.25) is 0 Å². The lowest BCUT2D eigenvalue weighted by Crippen LogP contribution is -2.01. The van der Waals surface area contributed by atoms with E-state index in [-0.39, 0.29) is 0 Å². The number of rotatable bonds is 12. The Morgan fingerprint density at radius 2 is 1.35 bits per heavy atom. The Hall–Kier alpha value is -6.35. The second kappa shape index (κ2) is 22.9. The predicted octanol–water partition coefficient (Wildman–Crippen LogP) is 14.5. The van der Waals surface area contributed by atoms with Gasteiger partial charge in [0.2, 0.25) is 0 Å².